The predicted octanol–water partition coefficient (Wildman–Crippen LogP) is 6.37. The fraction of sp³-hybridized carbons (Fsp3) is 0.773. The molecule has 0 aliphatic heterocycles. The number of carbonyl (C=O) groups excluding carboxylic acids is 3. The number of alkyl halides is 9. The molecule has 6 nitrogen and oxygen atoms in total. The van der Waals surface area contributed by atoms with E-state index in [1.165, 1.54) is 0 Å². The summed E-state index contributed by atoms with van der Waals surface area (Å²) >= 11 is 0. The lowest BCUT2D eigenvalue weighted by Gasteiger charge is -2.33. The van der Waals surface area contributed by atoms with E-state index in [4.69, 9.17) is 4.74 Å². The van der Waals surface area contributed by atoms with Crippen LogP contribution >= 0.6 is 0 Å². The van der Waals surface area contributed by atoms with Crippen molar-refractivity contribution in [3.05, 3.63) is 11.1 Å². The highest BCUT2D eigenvalue weighted by Gasteiger charge is 2.81. The maximum atomic E-state index is 13.4. The molecule has 0 aromatic carbocycles. The van der Waals surface area contributed by atoms with Crippen molar-refractivity contribution in [2.45, 2.75) is 90.7 Å². The third-order valence-electron chi connectivity index (χ3n) is 5.49. The molecule has 0 aliphatic carbocycles. The standard InChI is InChI=1S/C22H29F9O6/c1-6-13(3)14(11-18(4,5)7-2)17(34)37-12-36-16(33)10-15(32)35-9-8-19(23,24)20(25,26)21(27,28)22(29,30)31/h6-12H2,1-5H3/b14-13+. The highest BCUT2D eigenvalue weighted by Crippen LogP contribution is 2.53. The molecule has 0 N–H and O–H groups in total. The van der Waals surface area contributed by atoms with Crippen molar-refractivity contribution in [2.24, 2.45) is 5.41 Å². The molecule has 0 fully saturated rings. The molecule has 0 rings (SSSR count). The van der Waals surface area contributed by atoms with Crippen LogP contribution in [-0.4, -0.2) is 55.3 Å². The van der Waals surface area contributed by atoms with Gasteiger partial charge in [0.25, 0.3) is 0 Å². The Balaban J connectivity index is 4.80. The van der Waals surface area contributed by atoms with Crippen molar-refractivity contribution in [1.29, 1.82) is 0 Å². The second kappa shape index (κ2) is 12.9. The summed E-state index contributed by atoms with van der Waals surface area (Å²) in [5.74, 6) is -23.6. The topological polar surface area (TPSA) is 78.9 Å². The van der Waals surface area contributed by atoms with Crippen LogP contribution in [0.4, 0.5) is 39.5 Å². The molecule has 0 unspecified atom stereocenters. The molecule has 0 aromatic heterocycles. The summed E-state index contributed by atoms with van der Waals surface area (Å²) in [4.78, 5) is 35.5. The fourth-order valence-corrected chi connectivity index (χ4v) is 2.53. The minimum atomic E-state index is -7.06. The van der Waals surface area contributed by atoms with Gasteiger partial charge in [0, 0.05) is 5.57 Å². The minimum absolute atomic E-state index is 0.241. The molecule has 216 valence electrons. The molecule has 0 saturated heterocycles. The van der Waals surface area contributed by atoms with E-state index in [1.54, 1.807) is 6.92 Å². The zero-order valence-electron chi connectivity index (χ0n) is 20.8. The van der Waals surface area contributed by atoms with Crippen LogP contribution in [-0.2, 0) is 28.6 Å². The summed E-state index contributed by atoms with van der Waals surface area (Å²) in [6.07, 6.45) is -9.01. The van der Waals surface area contributed by atoms with E-state index < -0.39 is 68.1 Å². The monoisotopic (exact) mass is 560 g/mol. The summed E-state index contributed by atoms with van der Waals surface area (Å²) in [5, 5.41) is 0. The van der Waals surface area contributed by atoms with E-state index in [0.717, 1.165) is 12.0 Å². The van der Waals surface area contributed by atoms with E-state index in [2.05, 4.69) is 9.47 Å². The Morgan fingerprint density at radius 2 is 1.27 bits per heavy atom. The van der Waals surface area contributed by atoms with Crippen molar-refractivity contribution in [2.75, 3.05) is 13.4 Å². The number of esters is 3. The lowest BCUT2D eigenvalue weighted by atomic mass is 9.81. The van der Waals surface area contributed by atoms with Gasteiger partial charge in [0.05, 0.1) is 13.0 Å². The molecule has 0 radical (unpaired) electrons. The third kappa shape index (κ3) is 9.40. The SMILES string of the molecule is CC/C(C)=C(\CC(C)(C)CC)C(=O)OCOC(=O)CC(=O)OCCC(F)(F)C(F)(F)C(F)(F)C(F)(F)F. The first-order chi connectivity index (χ1) is 16.6. The first kappa shape index (κ1) is 34.5. The van der Waals surface area contributed by atoms with Crippen LogP contribution < -0.4 is 0 Å². The number of ether oxygens (including phenoxy) is 3. The van der Waals surface area contributed by atoms with E-state index in [-0.39, 0.29) is 5.41 Å². The van der Waals surface area contributed by atoms with Gasteiger partial charge in [-0.15, -0.1) is 0 Å². The molecule has 0 saturated carbocycles. The zero-order valence-corrected chi connectivity index (χ0v) is 20.8. The summed E-state index contributed by atoms with van der Waals surface area (Å²) in [6, 6.07) is 0. The summed E-state index contributed by atoms with van der Waals surface area (Å²) < 4.78 is 128. The van der Waals surface area contributed by atoms with E-state index in [1.807, 2.05) is 27.7 Å². The van der Waals surface area contributed by atoms with Crippen LogP contribution in [0, 0.1) is 5.41 Å². The highest BCUT2D eigenvalue weighted by molar-refractivity contribution is 5.91. The Morgan fingerprint density at radius 1 is 0.757 bits per heavy atom. The second-order valence-electron chi connectivity index (χ2n) is 8.87. The van der Waals surface area contributed by atoms with Gasteiger partial charge in [-0.3, -0.25) is 9.59 Å². The van der Waals surface area contributed by atoms with Gasteiger partial charge in [0.1, 0.15) is 6.42 Å². The van der Waals surface area contributed by atoms with Gasteiger partial charge < -0.3 is 14.2 Å². The van der Waals surface area contributed by atoms with E-state index in [0.29, 0.717) is 18.4 Å². The van der Waals surface area contributed by atoms with Crippen molar-refractivity contribution < 1.29 is 68.1 Å². The van der Waals surface area contributed by atoms with Crippen molar-refractivity contribution in [3.63, 3.8) is 0 Å². The number of halogens is 9. The molecule has 0 aromatic rings. The average molecular weight is 560 g/mol. The first-order valence-corrected chi connectivity index (χ1v) is 10.9. The van der Waals surface area contributed by atoms with Gasteiger partial charge in [-0.05, 0) is 25.2 Å². The Kier molecular flexibility index (Phi) is 12.0. The van der Waals surface area contributed by atoms with Gasteiger partial charge in [0.15, 0.2) is 0 Å². The van der Waals surface area contributed by atoms with Crippen LogP contribution in [0.3, 0.4) is 0 Å². The van der Waals surface area contributed by atoms with Crippen molar-refractivity contribution in [3.8, 4) is 0 Å². The predicted molar refractivity (Wildman–Crippen MR) is 110 cm³/mol. The van der Waals surface area contributed by atoms with Crippen LogP contribution in [0.25, 0.3) is 0 Å². The van der Waals surface area contributed by atoms with Crippen LogP contribution in [0.15, 0.2) is 11.1 Å². The number of allylic oxidation sites excluding steroid dienone is 1. The average Bonchev–Trinajstić information content (AvgIpc) is 2.75. The van der Waals surface area contributed by atoms with Crippen molar-refractivity contribution in [1.82, 2.24) is 0 Å². The van der Waals surface area contributed by atoms with Crippen LogP contribution in [0.5, 0.6) is 0 Å². The quantitative estimate of drug-likeness (QED) is 0.0808. The highest BCUT2D eigenvalue weighted by atomic mass is 19.4. The van der Waals surface area contributed by atoms with Gasteiger partial charge in [-0.2, -0.15) is 39.5 Å². The molecule has 0 aliphatic rings. The molecule has 0 bridgehead atoms. The van der Waals surface area contributed by atoms with Gasteiger partial charge in [0.2, 0.25) is 6.79 Å². The lowest BCUT2D eigenvalue weighted by Crippen LogP contribution is -2.61. The maximum Gasteiger partial charge on any atom is 0.460 e. The summed E-state index contributed by atoms with van der Waals surface area (Å²) in [7, 11) is 0. The van der Waals surface area contributed by atoms with Gasteiger partial charge >= 0.3 is 41.9 Å². The Morgan fingerprint density at radius 3 is 1.73 bits per heavy atom. The molecule has 0 amide bonds. The zero-order chi connectivity index (χ0) is 29.5. The smallest absolute Gasteiger partial charge is 0.460 e. The molecule has 15 heteroatoms. The maximum absolute atomic E-state index is 13.4. The summed E-state index contributed by atoms with van der Waals surface area (Å²) in [5.41, 5.74) is 0.852. The molecular formula is C22H29F9O6. The molecule has 37 heavy (non-hydrogen) atoms. The largest absolute Gasteiger partial charge is 0.465 e. The summed E-state index contributed by atoms with van der Waals surface area (Å²) in [6.45, 7) is 6.65. The normalized spacial score (nSPS) is 14.1. The van der Waals surface area contributed by atoms with Gasteiger partial charge in [-0.1, -0.05) is 39.7 Å². The van der Waals surface area contributed by atoms with E-state index in [9.17, 15) is 53.9 Å². The van der Waals surface area contributed by atoms with Crippen LogP contribution in [0.2, 0.25) is 0 Å². The van der Waals surface area contributed by atoms with Crippen LogP contribution in [0.1, 0.15) is 66.7 Å². The molecule has 0 heterocycles. The molecule has 0 atom stereocenters. The van der Waals surface area contributed by atoms with Gasteiger partial charge in [-0.25, -0.2) is 4.79 Å². The molecular weight excluding hydrogens is 531 g/mol. The minimum Gasteiger partial charge on any atom is -0.465 e. The number of hydrogen-bond acceptors (Lipinski definition) is 6. The fourth-order valence-electron chi connectivity index (χ4n) is 2.53. The number of rotatable bonds is 14. The Hall–Kier alpha value is -2.48. The number of carbonyl (C=O) groups is 3. The van der Waals surface area contributed by atoms with Crippen molar-refractivity contribution >= 4 is 17.9 Å². The van der Waals surface area contributed by atoms with E-state index >= 15 is 0 Å². The third-order valence-corrected chi connectivity index (χ3v) is 5.49. The lowest BCUT2D eigenvalue weighted by molar-refractivity contribution is -0.397. The first-order valence-electron chi connectivity index (χ1n) is 10.9. The molecule has 0 spiro atoms. The second-order valence-corrected chi connectivity index (χ2v) is 8.87. The Labute approximate surface area is 207 Å². The Bertz CT molecular complexity index is 848. The number of hydrogen-bond donors (Lipinski definition) is 0.